The summed E-state index contributed by atoms with van der Waals surface area (Å²) >= 11 is 5.78. The Hall–Kier alpha value is -1.13. The highest BCUT2D eigenvalue weighted by Crippen LogP contribution is 2.17. The van der Waals surface area contributed by atoms with Crippen molar-refractivity contribution in [2.75, 3.05) is 26.2 Å². The van der Waals surface area contributed by atoms with Crippen molar-refractivity contribution in [2.24, 2.45) is 0 Å². The number of halogens is 2. The molecule has 0 saturated carbocycles. The zero-order valence-electron chi connectivity index (χ0n) is 9.38. The second-order valence-corrected chi connectivity index (χ2v) is 4.46. The number of benzene rings is 1. The quantitative estimate of drug-likeness (QED) is 0.833. The Morgan fingerprint density at radius 3 is 3.00 bits per heavy atom. The van der Waals surface area contributed by atoms with Crippen LogP contribution in [0, 0.1) is 5.82 Å². The van der Waals surface area contributed by atoms with Gasteiger partial charge in [-0.05, 0) is 31.2 Å². The van der Waals surface area contributed by atoms with Crippen LogP contribution in [0.15, 0.2) is 18.2 Å². The fraction of sp³-hybridized carbons (Fsp3) is 0.417. The molecule has 3 nitrogen and oxygen atoms in total. The van der Waals surface area contributed by atoms with Crippen LogP contribution in [0.2, 0.25) is 5.02 Å². The molecular formula is C12H14ClFN2O. The van der Waals surface area contributed by atoms with E-state index in [0.29, 0.717) is 18.1 Å². The summed E-state index contributed by atoms with van der Waals surface area (Å²) in [5, 5.41) is 3.57. The topological polar surface area (TPSA) is 32.3 Å². The average Bonchev–Trinajstić information content (AvgIpc) is 2.60. The lowest BCUT2D eigenvalue weighted by Gasteiger charge is -2.20. The lowest BCUT2D eigenvalue weighted by Crippen LogP contribution is -2.34. The van der Waals surface area contributed by atoms with Gasteiger partial charge in [-0.25, -0.2) is 4.39 Å². The molecule has 1 heterocycles. The second kappa shape index (κ2) is 5.47. The summed E-state index contributed by atoms with van der Waals surface area (Å²) in [4.78, 5) is 13.8. The van der Waals surface area contributed by atoms with Crippen molar-refractivity contribution in [2.45, 2.75) is 6.42 Å². The molecule has 0 bridgehead atoms. The summed E-state index contributed by atoms with van der Waals surface area (Å²) in [5.74, 6) is -0.801. The van der Waals surface area contributed by atoms with Crippen molar-refractivity contribution in [3.63, 3.8) is 0 Å². The van der Waals surface area contributed by atoms with Crippen LogP contribution in [0.4, 0.5) is 4.39 Å². The van der Waals surface area contributed by atoms with Gasteiger partial charge < -0.3 is 10.2 Å². The van der Waals surface area contributed by atoms with Crippen LogP contribution < -0.4 is 5.32 Å². The van der Waals surface area contributed by atoms with Crippen LogP contribution in [-0.2, 0) is 0 Å². The summed E-state index contributed by atoms with van der Waals surface area (Å²) in [7, 11) is 0. The zero-order chi connectivity index (χ0) is 12.3. The predicted molar refractivity (Wildman–Crippen MR) is 64.8 cm³/mol. The number of carbonyl (C=O) groups excluding carboxylic acids is 1. The van der Waals surface area contributed by atoms with E-state index >= 15 is 0 Å². The minimum absolute atomic E-state index is 0.0550. The van der Waals surface area contributed by atoms with Crippen molar-refractivity contribution >= 4 is 17.5 Å². The number of amides is 1. The first-order valence-corrected chi connectivity index (χ1v) is 6.01. The molecule has 2 rings (SSSR count). The van der Waals surface area contributed by atoms with Gasteiger partial charge in [-0.1, -0.05) is 11.6 Å². The SMILES string of the molecule is O=C(c1cc(Cl)ccc1F)N1CCCNCC1. The Labute approximate surface area is 105 Å². The molecule has 1 aromatic rings. The lowest BCUT2D eigenvalue weighted by molar-refractivity contribution is 0.0761. The van der Waals surface area contributed by atoms with E-state index in [4.69, 9.17) is 11.6 Å². The van der Waals surface area contributed by atoms with Crippen LogP contribution in [0.3, 0.4) is 0 Å². The summed E-state index contributed by atoms with van der Waals surface area (Å²) in [6.45, 7) is 2.89. The third-order valence-corrected chi connectivity index (χ3v) is 3.02. The first kappa shape index (κ1) is 12.3. The lowest BCUT2D eigenvalue weighted by atomic mass is 10.2. The van der Waals surface area contributed by atoms with E-state index in [9.17, 15) is 9.18 Å². The van der Waals surface area contributed by atoms with Crippen molar-refractivity contribution in [1.29, 1.82) is 0 Å². The first-order valence-electron chi connectivity index (χ1n) is 5.63. The fourth-order valence-corrected chi connectivity index (χ4v) is 2.05. The van der Waals surface area contributed by atoms with Gasteiger partial charge in [-0.2, -0.15) is 0 Å². The van der Waals surface area contributed by atoms with Gasteiger partial charge in [0.15, 0.2) is 0 Å². The summed E-state index contributed by atoms with van der Waals surface area (Å²) in [6.07, 6.45) is 0.883. The smallest absolute Gasteiger partial charge is 0.256 e. The number of hydrogen-bond acceptors (Lipinski definition) is 2. The molecular weight excluding hydrogens is 243 g/mol. The first-order chi connectivity index (χ1) is 8.18. The van der Waals surface area contributed by atoms with E-state index in [0.717, 1.165) is 19.5 Å². The van der Waals surface area contributed by atoms with E-state index in [2.05, 4.69) is 5.32 Å². The summed E-state index contributed by atoms with van der Waals surface area (Å²) < 4.78 is 13.6. The summed E-state index contributed by atoms with van der Waals surface area (Å²) in [6, 6.07) is 4.06. The molecule has 5 heteroatoms. The van der Waals surface area contributed by atoms with E-state index in [1.165, 1.54) is 18.2 Å². The maximum Gasteiger partial charge on any atom is 0.256 e. The number of nitrogens with one attached hydrogen (secondary N) is 1. The molecule has 0 spiro atoms. The van der Waals surface area contributed by atoms with Crippen LogP contribution in [0.25, 0.3) is 0 Å². The van der Waals surface area contributed by atoms with Crippen molar-refractivity contribution in [1.82, 2.24) is 10.2 Å². The van der Waals surface area contributed by atoms with Crippen molar-refractivity contribution < 1.29 is 9.18 Å². The molecule has 0 aromatic heterocycles. The number of carbonyl (C=O) groups is 1. The Bertz CT molecular complexity index is 417. The zero-order valence-corrected chi connectivity index (χ0v) is 10.1. The standard InChI is InChI=1S/C12H14ClFN2O/c13-9-2-3-11(14)10(8-9)12(17)16-6-1-4-15-5-7-16/h2-3,8,15H,1,4-7H2. The molecule has 1 aliphatic heterocycles. The van der Waals surface area contributed by atoms with Gasteiger partial charge in [-0.3, -0.25) is 4.79 Å². The molecule has 1 fully saturated rings. The number of nitrogens with zero attached hydrogens (tertiary/aromatic N) is 1. The normalized spacial score (nSPS) is 16.7. The fourth-order valence-electron chi connectivity index (χ4n) is 1.88. The van der Waals surface area contributed by atoms with Crippen LogP contribution in [0.1, 0.15) is 16.8 Å². The third-order valence-electron chi connectivity index (χ3n) is 2.79. The highest BCUT2D eigenvalue weighted by Gasteiger charge is 2.20. The number of hydrogen-bond donors (Lipinski definition) is 1. The number of rotatable bonds is 1. The van der Waals surface area contributed by atoms with Crippen LogP contribution >= 0.6 is 11.6 Å². The molecule has 0 unspecified atom stereocenters. The Morgan fingerprint density at radius 1 is 1.35 bits per heavy atom. The van der Waals surface area contributed by atoms with Gasteiger partial charge in [0.25, 0.3) is 5.91 Å². The Balaban J connectivity index is 2.20. The predicted octanol–water partition coefficient (Wildman–Crippen LogP) is 1.91. The van der Waals surface area contributed by atoms with Gasteiger partial charge in [0, 0.05) is 24.7 Å². The molecule has 1 aromatic carbocycles. The maximum absolute atomic E-state index is 13.6. The monoisotopic (exact) mass is 256 g/mol. The largest absolute Gasteiger partial charge is 0.337 e. The van der Waals surface area contributed by atoms with Crippen LogP contribution in [-0.4, -0.2) is 37.0 Å². The van der Waals surface area contributed by atoms with Crippen LogP contribution in [0.5, 0.6) is 0 Å². The van der Waals surface area contributed by atoms with Gasteiger partial charge in [-0.15, -0.1) is 0 Å². The minimum atomic E-state index is -0.517. The highest BCUT2D eigenvalue weighted by molar-refractivity contribution is 6.30. The molecule has 1 saturated heterocycles. The molecule has 1 N–H and O–H groups in total. The van der Waals surface area contributed by atoms with Gasteiger partial charge in [0.05, 0.1) is 5.56 Å². The second-order valence-electron chi connectivity index (χ2n) is 4.02. The van der Waals surface area contributed by atoms with E-state index < -0.39 is 5.82 Å². The third kappa shape index (κ3) is 2.96. The Morgan fingerprint density at radius 2 is 2.18 bits per heavy atom. The van der Waals surface area contributed by atoms with Gasteiger partial charge in [0.2, 0.25) is 0 Å². The molecule has 0 radical (unpaired) electrons. The summed E-state index contributed by atoms with van der Waals surface area (Å²) in [5.41, 5.74) is 0.0550. The van der Waals surface area contributed by atoms with E-state index in [1.54, 1.807) is 4.90 Å². The highest BCUT2D eigenvalue weighted by atomic mass is 35.5. The van der Waals surface area contributed by atoms with E-state index in [-0.39, 0.29) is 11.5 Å². The molecule has 0 atom stereocenters. The minimum Gasteiger partial charge on any atom is -0.337 e. The molecule has 92 valence electrons. The average molecular weight is 257 g/mol. The molecule has 0 aliphatic carbocycles. The van der Waals surface area contributed by atoms with Crippen molar-refractivity contribution in [3.05, 3.63) is 34.6 Å². The molecule has 1 aliphatic rings. The van der Waals surface area contributed by atoms with Gasteiger partial charge in [0.1, 0.15) is 5.82 Å². The van der Waals surface area contributed by atoms with Crippen molar-refractivity contribution in [3.8, 4) is 0 Å². The van der Waals surface area contributed by atoms with Gasteiger partial charge >= 0.3 is 0 Å². The Kier molecular flexibility index (Phi) is 3.97. The van der Waals surface area contributed by atoms with E-state index in [1.807, 2.05) is 0 Å². The molecule has 1 amide bonds. The maximum atomic E-state index is 13.6. The molecule has 17 heavy (non-hydrogen) atoms.